The molecule has 0 aliphatic carbocycles. The third-order valence-electron chi connectivity index (χ3n) is 2.59. The Balaban J connectivity index is 2.07. The number of imide groups is 1. The van der Waals surface area contributed by atoms with Crippen molar-refractivity contribution in [2.75, 3.05) is 6.54 Å². The van der Waals surface area contributed by atoms with Crippen molar-refractivity contribution in [1.82, 2.24) is 10.5 Å². The van der Waals surface area contributed by atoms with Crippen LogP contribution in [-0.2, 0) is 9.63 Å². The highest BCUT2D eigenvalue weighted by molar-refractivity contribution is 6.21. The van der Waals surface area contributed by atoms with Crippen molar-refractivity contribution in [3.8, 4) is 0 Å². The van der Waals surface area contributed by atoms with Crippen molar-refractivity contribution in [2.24, 2.45) is 5.84 Å². The fraction of sp³-hybridized carbons (Fsp3) is 0.182. The van der Waals surface area contributed by atoms with E-state index in [2.05, 4.69) is 4.84 Å². The predicted molar refractivity (Wildman–Crippen MR) is 59.8 cm³/mol. The number of nitrogens with two attached hydrogens (primary N) is 1. The van der Waals surface area contributed by atoms with E-state index in [9.17, 15) is 14.4 Å². The van der Waals surface area contributed by atoms with E-state index in [1.165, 1.54) is 0 Å². The van der Waals surface area contributed by atoms with Gasteiger partial charge in [-0.2, -0.15) is 0 Å². The van der Waals surface area contributed by atoms with E-state index < -0.39 is 17.8 Å². The zero-order valence-corrected chi connectivity index (χ0v) is 9.38. The van der Waals surface area contributed by atoms with E-state index in [4.69, 9.17) is 5.84 Å². The quantitative estimate of drug-likeness (QED) is 0.427. The first-order valence-electron chi connectivity index (χ1n) is 5.25. The molecule has 0 aromatic heterocycles. The van der Waals surface area contributed by atoms with E-state index in [0.29, 0.717) is 11.1 Å². The summed E-state index contributed by atoms with van der Waals surface area (Å²) in [6, 6.07) is 6.52. The third kappa shape index (κ3) is 2.08. The number of nitrogens with zero attached hydrogens (tertiary/aromatic N) is 1. The minimum Gasteiger partial charge on any atom is -0.356 e. The standard InChI is InChI=1S/C11H11N3O4/c12-13-18-9(15)5-6-14-10(16)7-3-1-2-4-8(7)11(14)17/h1-4,13H,5-6,12H2. The lowest BCUT2D eigenvalue weighted by Crippen LogP contribution is -2.34. The Labute approximate surface area is 102 Å². The van der Waals surface area contributed by atoms with Gasteiger partial charge in [0.2, 0.25) is 0 Å². The van der Waals surface area contributed by atoms with Gasteiger partial charge in [-0.05, 0) is 12.1 Å². The van der Waals surface area contributed by atoms with Crippen LogP contribution in [-0.4, -0.2) is 29.2 Å². The van der Waals surface area contributed by atoms with Gasteiger partial charge in [0.05, 0.1) is 17.5 Å². The van der Waals surface area contributed by atoms with Crippen LogP contribution in [0.15, 0.2) is 24.3 Å². The van der Waals surface area contributed by atoms with Gasteiger partial charge in [-0.15, -0.1) is 0 Å². The summed E-state index contributed by atoms with van der Waals surface area (Å²) in [6.45, 7) is -0.0349. The highest BCUT2D eigenvalue weighted by atomic mass is 16.7. The number of hydrogen-bond acceptors (Lipinski definition) is 6. The molecule has 0 unspecified atom stereocenters. The van der Waals surface area contributed by atoms with Crippen molar-refractivity contribution in [2.45, 2.75) is 6.42 Å². The van der Waals surface area contributed by atoms with Crippen LogP contribution >= 0.6 is 0 Å². The predicted octanol–water partition coefficient (Wildman–Crippen LogP) is -0.406. The molecule has 0 atom stereocenters. The topological polar surface area (TPSA) is 102 Å². The normalized spacial score (nSPS) is 13.7. The molecule has 0 radical (unpaired) electrons. The summed E-state index contributed by atoms with van der Waals surface area (Å²) in [6.07, 6.45) is -0.115. The van der Waals surface area contributed by atoms with Crippen molar-refractivity contribution in [1.29, 1.82) is 0 Å². The molecule has 0 fully saturated rings. The van der Waals surface area contributed by atoms with Crippen LogP contribution in [0.4, 0.5) is 0 Å². The molecule has 1 aliphatic rings. The Morgan fingerprint density at radius 2 is 1.78 bits per heavy atom. The second-order valence-electron chi connectivity index (χ2n) is 3.65. The molecular weight excluding hydrogens is 238 g/mol. The largest absolute Gasteiger partial charge is 0.356 e. The fourth-order valence-electron chi connectivity index (χ4n) is 1.76. The van der Waals surface area contributed by atoms with Crippen LogP contribution in [0, 0.1) is 0 Å². The maximum atomic E-state index is 11.9. The van der Waals surface area contributed by atoms with Crippen LogP contribution in [0.5, 0.6) is 0 Å². The summed E-state index contributed by atoms with van der Waals surface area (Å²) in [7, 11) is 0. The van der Waals surface area contributed by atoms with Gasteiger partial charge in [-0.3, -0.25) is 19.3 Å². The number of carbonyl (C=O) groups excluding carboxylic acids is 3. The lowest BCUT2D eigenvalue weighted by Gasteiger charge is -2.12. The molecule has 1 aliphatic heterocycles. The Bertz CT molecular complexity index is 480. The van der Waals surface area contributed by atoms with Crippen LogP contribution in [0.2, 0.25) is 0 Å². The summed E-state index contributed by atoms with van der Waals surface area (Å²) in [4.78, 5) is 40.2. The van der Waals surface area contributed by atoms with Gasteiger partial charge < -0.3 is 4.84 Å². The highest BCUT2D eigenvalue weighted by Crippen LogP contribution is 2.22. The zero-order chi connectivity index (χ0) is 13.1. The number of nitrogens with one attached hydrogen (secondary N) is 1. The molecule has 1 aromatic carbocycles. The first kappa shape index (κ1) is 12.2. The van der Waals surface area contributed by atoms with Crippen LogP contribution in [0.25, 0.3) is 0 Å². The molecule has 2 amide bonds. The van der Waals surface area contributed by atoms with Gasteiger partial charge in [0.25, 0.3) is 11.8 Å². The maximum absolute atomic E-state index is 11.9. The summed E-state index contributed by atoms with van der Waals surface area (Å²) in [5.74, 6) is 3.35. The van der Waals surface area contributed by atoms with E-state index in [-0.39, 0.29) is 13.0 Å². The molecule has 0 saturated carbocycles. The zero-order valence-electron chi connectivity index (χ0n) is 9.38. The molecule has 2 rings (SSSR count). The summed E-state index contributed by atoms with van der Waals surface area (Å²) in [5.41, 5.74) is 2.45. The molecule has 1 aromatic rings. The summed E-state index contributed by atoms with van der Waals surface area (Å²) in [5, 5.41) is 0. The Kier molecular flexibility index (Phi) is 3.35. The van der Waals surface area contributed by atoms with Crippen molar-refractivity contribution in [3.05, 3.63) is 35.4 Å². The highest BCUT2D eigenvalue weighted by Gasteiger charge is 2.35. The van der Waals surface area contributed by atoms with Crippen molar-refractivity contribution < 1.29 is 19.2 Å². The lowest BCUT2D eigenvalue weighted by molar-refractivity contribution is -0.151. The molecule has 0 bridgehead atoms. The van der Waals surface area contributed by atoms with Crippen molar-refractivity contribution in [3.63, 3.8) is 0 Å². The molecule has 7 heteroatoms. The van der Waals surface area contributed by atoms with Crippen LogP contribution in [0.3, 0.4) is 0 Å². The van der Waals surface area contributed by atoms with Gasteiger partial charge in [-0.25, -0.2) is 5.84 Å². The molecule has 18 heavy (non-hydrogen) atoms. The van der Waals surface area contributed by atoms with E-state index in [1.807, 2.05) is 0 Å². The fourth-order valence-corrected chi connectivity index (χ4v) is 1.76. The van der Waals surface area contributed by atoms with Crippen LogP contribution < -0.4 is 11.4 Å². The second-order valence-corrected chi connectivity index (χ2v) is 3.65. The Morgan fingerprint density at radius 1 is 1.22 bits per heavy atom. The second kappa shape index (κ2) is 4.94. The smallest absolute Gasteiger partial charge is 0.328 e. The average Bonchev–Trinajstić information content (AvgIpc) is 2.61. The summed E-state index contributed by atoms with van der Waals surface area (Å²) >= 11 is 0. The minimum atomic E-state index is -0.644. The van der Waals surface area contributed by atoms with Crippen LogP contribution in [0.1, 0.15) is 27.1 Å². The number of amides is 2. The Morgan fingerprint density at radius 3 is 2.28 bits per heavy atom. The molecular formula is C11H11N3O4. The monoisotopic (exact) mass is 249 g/mol. The molecule has 0 saturated heterocycles. The molecule has 1 heterocycles. The molecule has 94 valence electrons. The van der Waals surface area contributed by atoms with E-state index >= 15 is 0 Å². The van der Waals surface area contributed by atoms with Gasteiger partial charge in [0.1, 0.15) is 0 Å². The van der Waals surface area contributed by atoms with Gasteiger partial charge in [0, 0.05) is 6.54 Å². The first-order valence-corrected chi connectivity index (χ1v) is 5.25. The molecule has 0 spiro atoms. The van der Waals surface area contributed by atoms with E-state index in [1.54, 1.807) is 29.9 Å². The Hall–Kier alpha value is -2.25. The third-order valence-corrected chi connectivity index (χ3v) is 2.59. The summed E-state index contributed by atoms with van der Waals surface area (Å²) < 4.78 is 0. The number of hydrazine groups is 1. The van der Waals surface area contributed by atoms with E-state index in [0.717, 1.165) is 4.90 Å². The van der Waals surface area contributed by atoms with Gasteiger partial charge >= 0.3 is 5.97 Å². The average molecular weight is 249 g/mol. The molecule has 7 nitrogen and oxygen atoms in total. The number of hydrogen-bond donors (Lipinski definition) is 2. The first-order chi connectivity index (χ1) is 8.65. The lowest BCUT2D eigenvalue weighted by atomic mass is 10.1. The van der Waals surface area contributed by atoms with Crippen molar-refractivity contribution >= 4 is 17.8 Å². The number of benzene rings is 1. The molecule has 3 N–H and O–H groups in total. The number of fused-ring (bicyclic) bond motifs is 1. The maximum Gasteiger partial charge on any atom is 0.328 e. The van der Waals surface area contributed by atoms with Gasteiger partial charge in [-0.1, -0.05) is 17.7 Å². The SMILES string of the molecule is NNOC(=O)CCN1C(=O)c2ccccc2C1=O. The number of rotatable bonds is 4. The van der Waals surface area contributed by atoms with Gasteiger partial charge in [0.15, 0.2) is 0 Å². The number of carbonyl (C=O) groups is 3. The minimum absolute atomic E-state index is 0.0349.